The maximum atomic E-state index is 12.6. The van der Waals surface area contributed by atoms with Gasteiger partial charge in [-0.25, -0.2) is 0 Å². The molecule has 23 heavy (non-hydrogen) atoms. The summed E-state index contributed by atoms with van der Waals surface area (Å²) in [5.74, 6) is -0.367. The van der Waals surface area contributed by atoms with Crippen LogP contribution in [0.1, 0.15) is 36.4 Å². The highest BCUT2D eigenvalue weighted by molar-refractivity contribution is 5.90. The van der Waals surface area contributed by atoms with Crippen molar-refractivity contribution in [3.63, 3.8) is 0 Å². The predicted molar refractivity (Wildman–Crippen MR) is 86.8 cm³/mol. The van der Waals surface area contributed by atoms with Crippen LogP contribution in [0.4, 0.5) is 0 Å². The number of rotatable bonds is 4. The van der Waals surface area contributed by atoms with Crippen molar-refractivity contribution in [3.05, 3.63) is 35.4 Å². The molecule has 1 aromatic carbocycles. The lowest BCUT2D eigenvalue weighted by molar-refractivity contribution is -0.128. The van der Waals surface area contributed by atoms with Gasteiger partial charge in [-0.2, -0.15) is 0 Å². The molecule has 0 bridgehead atoms. The molecule has 0 aromatic heterocycles. The van der Waals surface area contributed by atoms with Gasteiger partial charge in [-0.15, -0.1) is 0 Å². The van der Waals surface area contributed by atoms with Gasteiger partial charge in [0.2, 0.25) is 11.8 Å². The standard InChI is InChI=1S/C18H24N2O3/c1-12-5-7-13(8-6-12)17-15(10-16(21)20(17)2)18(22)19-11-14-4-3-9-23-14/h5-8,14-15,17H,3-4,9-11H2,1-2H3,(H,19,22)/t14-,15+,17-/m1/s1. The lowest BCUT2D eigenvalue weighted by Crippen LogP contribution is -2.38. The highest BCUT2D eigenvalue weighted by atomic mass is 16.5. The van der Waals surface area contributed by atoms with Gasteiger partial charge in [0.05, 0.1) is 18.1 Å². The van der Waals surface area contributed by atoms with E-state index >= 15 is 0 Å². The van der Waals surface area contributed by atoms with Crippen LogP contribution in [0.25, 0.3) is 0 Å². The second kappa shape index (κ2) is 6.71. The van der Waals surface area contributed by atoms with Crippen LogP contribution in [0, 0.1) is 12.8 Å². The van der Waals surface area contributed by atoms with Gasteiger partial charge in [0, 0.05) is 26.6 Å². The number of carbonyl (C=O) groups is 2. The van der Waals surface area contributed by atoms with E-state index in [1.54, 1.807) is 11.9 Å². The van der Waals surface area contributed by atoms with E-state index in [4.69, 9.17) is 4.74 Å². The van der Waals surface area contributed by atoms with Crippen LogP contribution < -0.4 is 5.32 Å². The Kier molecular flexibility index (Phi) is 4.66. The molecule has 2 aliphatic heterocycles. The van der Waals surface area contributed by atoms with Crippen molar-refractivity contribution in [2.75, 3.05) is 20.2 Å². The van der Waals surface area contributed by atoms with Gasteiger partial charge in [0.1, 0.15) is 0 Å². The number of carbonyl (C=O) groups excluding carboxylic acids is 2. The van der Waals surface area contributed by atoms with Crippen molar-refractivity contribution >= 4 is 11.8 Å². The van der Waals surface area contributed by atoms with Crippen LogP contribution in [0.2, 0.25) is 0 Å². The molecule has 1 N–H and O–H groups in total. The van der Waals surface area contributed by atoms with Crippen molar-refractivity contribution in [3.8, 4) is 0 Å². The third kappa shape index (κ3) is 3.39. The molecule has 2 saturated heterocycles. The molecule has 1 aromatic rings. The molecule has 2 aliphatic rings. The molecule has 0 aliphatic carbocycles. The van der Waals surface area contributed by atoms with E-state index in [-0.39, 0.29) is 36.3 Å². The van der Waals surface area contributed by atoms with E-state index < -0.39 is 0 Å². The van der Waals surface area contributed by atoms with Crippen LogP contribution in [0.5, 0.6) is 0 Å². The number of amides is 2. The molecule has 3 rings (SSSR count). The molecule has 5 heteroatoms. The number of hydrogen-bond donors (Lipinski definition) is 1. The first kappa shape index (κ1) is 16.0. The molecule has 5 nitrogen and oxygen atoms in total. The first-order valence-corrected chi connectivity index (χ1v) is 8.28. The predicted octanol–water partition coefficient (Wildman–Crippen LogP) is 1.81. The minimum Gasteiger partial charge on any atom is -0.376 e. The number of likely N-dealkylation sites (tertiary alicyclic amines) is 1. The van der Waals surface area contributed by atoms with Gasteiger partial charge < -0.3 is 15.0 Å². The fourth-order valence-corrected chi connectivity index (χ4v) is 3.48. The second-order valence-electron chi connectivity index (χ2n) is 6.55. The van der Waals surface area contributed by atoms with E-state index in [0.717, 1.165) is 25.0 Å². The first-order chi connectivity index (χ1) is 11.1. The smallest absolute Gasteiger partial charge is 0.226 e. The van der Waals surface area contributed by atoms with Gasteiger partial charge in [0.25, 0.3) is 0 Å². The van der Waals surface area contributed by atoms with Crippen molar-refractivity contribution in [1.82, 2.24) is 10.2 Å². The maximum absolute atomic E-state index is 12.6. The highest BCUT2D eigenvalue weighted by Crippen LogP contribution is 2.37. The van der Waals surface area contributed by atoms with Crippen molar-refractivity contribution in [2.24, 2.45) is 5.92 Å². The zero-order valence-corrected chi connectivity index (χ0v) is 13.7. The van der Waals surface area contributed by atoms with Crippen LogP contribution >= 0.6 is 0 Å². The van der Waals surface area contributed by atoms with Crippen molar-refractivity contribution in [1.29, 1.82) is 0 Å². The third-order valence-corrected chi connectivity index (χ3v) is 4.87. The largest absolute Gasteiger partial charge is 0.376 e. The first-order valence-electron chi connectivity index (χ1n) is 8.28. The lowest BCUT2D eigenvalue weighted by atomic mass is 9.92. The van der Waals surface area contributed by atoms with Crippen LogP contribution in [0.15, 0.2) is 24.3 Å². The van der Waals surface area contributed by atoms with Gasteiger partial charge >= 0.3 is 0 Å². The summed E-state index contributed by atoms with van der Waals surface area (Å²) in [7, 11) is 1.78. The van der Waals surface area contributed by atoms with Gasteiger partial charge in [-0.1, -0.05) is 29.8 Å². The molecule has 2 heterocycles. The molecule has 0 radical (unpaired) electrons. The van der Waals surface area contributed by atoms with Gasteiger partial charge in [-0.3, -0.25) is 9.59 Å². The summed E-state index contributed by atoms with van der Waals surface area (Å²) < 4.78 is 5.54. The number of nitrogens with zero attached hydrogens (tertiary/aromatic N) is 1. The zero-order valence-electron chi connectivity index (χ0n) is 13.7. The molecule has 0 spiro atoms. The average Bonchev–Trinajstić information content (AvgIpc) is 3.15. The van der Waals surface area contributed by atoms with E-state index in [9.17, 15) is 9.59 Å². The molecule has 2 amide bonds. The number of ether oxygens (including phenoxy) is 1. The average molecular weight is 316 g/mol. The SMILES string of the molecule is Cc1ccc([C@@H]2[C@@H](C(=O)NC[C@H]3CCCO3)CC(=O)N2C)cc1. The Balaban J connectivity index is 1.71. The van der Waals surface area contributed by atoms with E-state index in [0.29, 0.717) is 6.54 Å². The third-order valence-electron chi connectivity index (χ3n) is 4.87. The summed E-state index contributed by atoms with van der Waals surface area (Å²) in [4.78, 5) is 26.4. The quantitative estimate of drug-likeness (QED) is 0.921. The minimum absolute atomic E-state index is 0.0211. The van der Waals surface area contributed by atoms with Crippen LogP contribution in [-0.2, 0) is 14.3 Å². The Hall–Kier alpha value is -1.88. The Morgan fingerprint density at radius 2 is 2.09 bits per heavy atom. The van der Waals surface area contributed by atoms with Gasteiger partial charge in [0.15, 0.2) is 0 Å². The number of aryl methyl sites for hydroxylation is 1. The zero-order chi connectivity index (χ0) is 16.4. The van der Waals surface area contributed by atoms with E-state index in [1.165, 1.54) is 5.56 Å². The Morgan fingerprint density at radius 1 is 1.35 bits per heavy atom. The summed E-state index contributed by atoms with van der Waals surface area (Å²) >= 11 is 0. The molecule has 3 atom stereocenters. The minimum atomic E-state index is -0.336. The Bertz CT molecular complexity index is 578. The Morgan fingerprint density at radius 3 is 2.74 bits per heavy atom. The molecule has 0 saturated carbocycles. The number of benzene rings is 1. The van der Waals surface area contributed by atoms with Crippen LogP contribution in [-0.4, -0.2) is 43.0 Å². The lowest BCUT2D eigenvalue weighted by Gasteiger charge is -2.25. The number of nitrogens with one attached hydrogen (secondary N) is 1. The van der Waals surface area contributed by atoms with Crippen molar-refractivity contribution in [2.45, 2.75) is 38.3 Å². The fourth-order valence-electron chi connectivity index (χ4n) is 3.48. The van der Waals surface area contributed by atoms with Crippen molar-refractivity contribution < 1.29 is 14.3 Å². The fraction of sp³-hybridized carbons (Fsp3) is 0.556. The molecule has 2 fully saturated rings. The molecular formula is C18H24N2O3. The summed E-state index contributed by atoms with van der Waals surface area (Å²) in [5.41, 5.74) is 2.18. The summed E-state index contributed by atoms with van der Waals surface area (Å²) in [6.07, 6.45) is 2.43. The van der Waals surface area contributed by atoms with Crippen LogP contribution in [0.3, 0.4) is 0 Å². The topological polar surface area (TPSA) is 58.6 Å². The van der Waals surface area contributed by atoms with E-state index in [2.05, 4.69) is 5.32 Å². The molecule has 0 unspecified atom stereocenters. The van der Waals surface area contributed by atoms with E-state index in [1.807, 2.05) is 31.2 Å². The second-order valence-corrected chi connectivity index (χ2v) is 6.55. The normalized spacial score (nSPS) is 27.5. The summed E-state index contributed by atoms with van der Waals surface area (Å²) in [5, 5.41) is 2.98. The maximum Gasteiger partial charge on any atom is 0.226 e. The monoisotopic (exact) mass is 316 g/mol. The summed E-state index contributed by atoms with van der Waals surface area (Å²) in [6, 6.07) is 7.87. The molecule has 124 valence electrons. The summed E-state index contributed by atoms with van der Waals surface area (Å²) in [6.45, 7) is 3.34. The van der Waals surface area contributed by atoms with Gasteiger partial charge in [-0.05, 0) is 25.3 Å². The molecular weight excluding hydrogens is 292 g/mol. The Labute approximate surface area is 137 Å². The highest BCUT2D eigenvalue weighted by Gasteiger charge is 2.42. The number of hydrogen-bond acceptors (Lipinski definition) is 3.